The van der Waals surface area contributed by atoms with Crippen LogP contribution in [0.1, 0.15) is 16.7 Å². The molecule has 0 spiro atoms. The molecule has 1 N–H and O–H groups in total. The van der Waals surface area contributed by atoms with Crippen LogP contribution in [0.25, 0.3) is 0 Å². The maximum atomic E-state index is 13.4. The first-order chi connectivity index (χ1) is 16.7. The summed E-state index contributed by atoms with van der Waals surface area (Å²) in [4.78, 5) is 30.2. The molecule has 35 heavy (non-hydrogen) atoms. The van der Waals surface area contributed by atoms with E-state index in [0.29, 0.717) is 11.3 Å². The van der Waals surface area contributed by atoms with E-state index < -0.39 is 23.1 Å². The molecule has 4 aromatic rings. The molecular weight excluding hydrogens is 461 g/mol. The van der Waals surface area contributed by atoms with Crippen molar-refractivity contribution in [1.82, 2.24) is 14.1 Å². The molecule has 1 heterocycles. The van der Waals surface area contributed by atoms with Crippen molar-refractivity contribution in [2.75, 3.05) is 12.4 Å². The fourth-order valence-corrected chi connectivity index (χ4v) is 3.48. The molecule has 0 atom stereocenters. The Morgan fingerprint density at radius 3 is 2.17 bits per heavy atom. The number of rotatable bonds is 7. The number of alkyl halides is 3. The van der Waals surface area contributed by atoms with Crippen LogP contribution in [-0.4, -0.2) is 21.2 Å². The molecule has 0 unspecified atom stereocenters. The Kier molecular flexibility index (Phi) is 6.72. The first kappa shape index (κ1) is 23.8. The van der Waals surface area contributed by atoms with Gasteiger partial charge in [0.15, 0.2) is 0 Å². The summed E-state index contributed by atoms with van der Waals surface area (Å²) in [5, 5.41) is 2.71. The van der Waals surface area contributed by atoms with E-state index in [2.05, 4.69) is 10.3 Å². The second-order valence-corrected chi connectivity index (χ2v) is 7.71. The van der Waals surface area contributed by atoms with Crippen LogP contribution < -0.4 is 21.4 Å². The molecule has 180 valence electrons. The van der Waals surface area contributed by atoms with E-state index in [9.17, 15) is 22.8 Å². The highest BCUT2D eigenvalue weighted by Crippen LogP contribution is 2.31. The summed E-state index contributed by atoms with van der Waals surface area (Å²) >= 11 is 0. The maximum Gasteiger partial charge on any atom is 0.416 e. The number of nitrogens with zero attached hydrogens (tertiary/aromatic N) is 3. The van der Waals surface area contributed by atoms with Crippen LogP contribution in [0.3, 0.4) is 0 Å². The Morgan fingerprint density at radius 2 is 1.51 bits per heavy atom. The number of hydrogen-bond acceptors (Lipinski definition) is 5. The average Bonchev–Trinajstić information content (AvgIpc) is 2.85. The average molecular weight is 482 g/mol. The van der Waals surface area contributed by atoms with Gasteiger partial charge in [0.1, 0.15) is 5.75 Å². The van der Waals surface area contributed by atoms with E-state index in [1.54, 1.807) is 48.5 Å². The summed E-state index contributed by atoms with van der Waals surface area (Å²) in [6, 6.07) is 20.3. The van der Waals surface area contributed by atoms with Gasteiger partial charge in [-0.25, -0.2) is 14.2 Å². The largest absolute Gasteiger partial charge is 0.497 e. The van der Waals surface area contributed by atoms with Crippen LogP contribution in [0.15, 0.2) is 88.5 Å². The lowest BCUT2D eigenvalue weighted by Crippen LogP contribution is -2.43. The number of nitrogens with one attached hydrogen (secondary N) is 1. The lowest BCUT2D eigenvalue weighted by molar-refractivity contribution is -0.137. The highest BCUT2D eigenvalue weighted by Gasteiger charge is 2.30. The van der Waals surface area contributed by atoms with Gasteiger partial charge in [0, 0.05) is 5.69 Å². The SMILES string of the molecule is COc1ccc(Cn2c(Nc3cccc(C(F)(F)F)c3)nc(=O)n(Cc3ccccc3)c2=O)cc1. The molecule has 3 aromatic carbocycles. The van der Waals surface area contributed by atoms with Gasteiger partial charge in [-0.1, -0.05) is 48.5 Å². The monoisotopic (exact) mass is 482 g/mol. The predicted molar refractivity (Wildman–Crippen MR) is 125 cm³/mol. The van der Waals surface area contributed by atoms with Gasteiger partial charge in [0.2, 0.25) is 5.95 Å². The summed E-state index contributed by atoms with van der Waals surface area (Å²) in [6.45, 7) is 0.0180. The summed E-state index contributed by atoms with van der Waals surface area (Å²) < 4.78 is 46.8. The molecule has 0 amide bonds. The molecular formula is C25H21F3N4O3. The lowest BCUT2D eigenvalue weighted by atomic mass is 10.2. The number of methoxy groups -OCH3 is 1. The fourth-order valence-electron chi connectivity index (χ4n) is 3.48. The van der Waals surface area contributed by atoms with Gasteiger partial charge in [-0.2, -0.15) is 18.2 Å². The van der Waals surface area contributed by atoms with Gasteiger partial charge in [-0.15, -0.1) is 0 Å². The third-order valence-corrected chi connectivity index (χ3v) is 5.28. The molecule has 0 aliphatic rings. The minimum absolute atomic E-state index is 0.00203. The number of aromatic nitrogens is 3. The number of halogens is 3. The van der Waals surface area contributed by atoms with E-state index in [1.165, 1.54) is 23.8 Å². The quantitative estimate of drug-likeness (QED) is 0.426. The first-order valence-corrected chi connectivity index (χ1v) is 10.6. The molecule has 0 fully saturated rings. The normalized spacial score (nSPS) is 11.3. The molecule has 0 aliphatic carbocycles. The minimum Gasteiger partial charge on any atom is -0.497 e. The first-order valence-electron chi connectivity index (χ1n) is 10.6. The van der Waals surface area contributed by atoms with Crippen LogP contribution in [0.2, 0.25) is 0 Å². The second-order valence-electron chi connectivity index (χ2n) is 7.71. The molecule has 0 bridgehead atoms. The van der Waals surface area contributed by atoms with Crippen molar-refractivity contribution in [2.45, 2.75) is 19.3 Å². The van der Waals surface area contributed by atoms with Crippen LogP contribution in [0, 0.1) is 0 Å². The molecule has 1 aromatic heterocycles. The van der Waals surface area contributed by atoms with Gasteiger partial charge in [0.05, 0.1) is 25.8 Å². The highest BCUT2D eigenvalue weighted by molar-refractivity contribution is 5.55. The summed E-state index contributed by atoms with van der Waals surface area (Å²) in [5.41, 5.74) is -0.882. The molecule has 0 saturated heterocycles. The fraction of sp³-hybridized carbons (Fsp3) is 0.160. The van der Waals surface area contributed by atoms with Gasteiger partial charge >= 0.3 is 17.6 Å². The van der Waals surface area contributed by atoms with E-state index in [-0.39, 0.29) is 24.7 Å². The van der Waals surface area contributed by atoms with Gasteiger partial charge in [-0.3, -0.25) is 4.57 Å². The zero-order chi connectivity index (χ0) is 25.0. The molecule has 4 rings (SSSR count). The van der Waals surface area contributed by atoms with Crippen molar-refractivity contribution in [2.24, 2.45) is 0 Å². The molecule has 0 radical (unpaired) electrons. The standard InChI is InChI=1S/C25H21F3N4O3/c1-35-21-12-10-18(11-13-21)15-31-22(29-20-9-5-8-19(14-20)25(26,27)28)30-23(33)32(24(31)34)16-17-6-3-2-4-7-17/h2-14H,15-16H2,1H3,(H,29,30,33). The van der Waals surface area contributed by atoms with Gasteiger partial charge < -0.3 is 10.1 Å². The summed E-state index contributed by atoms with van der Waals surface area (Å²) in [6.07, 6.45) is -4.55. The van der Waals surface area contributed by atoms with Crippen LogP contribution in [0.4, 0.5) is 24.8 Å². The van der Waals surface area contributed by atoms with Gasteiger partial charge in [0.25, 0.3) is 0 Å². The summed E-state index contributed by atoms with van der Waals surface area (Å²) in [5.74, 6) is 0.454. The number of benzene rings is 3. The highest BCUT2D eigenvalue weighted by atomic mass is 19.4. The molecule has 7 nitrogen and oxygen atoms in total. The van der Waals surface area contributed by atoms with Gasteiger partial charge in [-0.05, 0) is 41.5 Å². The van der Waals surface area contributed by atoms with E-state index in [1.807, 2.05) is 6.07 Å². The van der Waals surface area contributed by atoms with Crippen molar-refractivity contribution in [3.05, 3.63) is 117 Å². The van der Waals surface area contributed by atoms with E-state index in [4.69, 9.17) is 4.74 Å². The molecule has 10 heteroatoms. The van der Waals surface area contributed by atoms with Crippen LogP contribution in [-0.2, 0) is 19.3 Å². The lowest BCUT2D eigenvalue weighted by Gasteiger charge is -2.16. The second kappa shape index (κ2) is 9.88. The smallest absolute Gasteiger partial charge is 0.416 e. The van der Waals surface area contributed by atoms with Crippen molar-refractivity contribution >= 4 is 11.6 Å². The Bertz CT molecular complexity index is 1430. The minimum atomic E-state index is -4.55. The summed E-state index contributed by atoms with van der Waals surface area (Å²) in [7, 11) is 1.53. The predicted octanol–water partition coefficient (Wildman–Crippen LogP) is 4.27. The molecule has 0 aliphatic heterocycles. The Balaban J connectivity index is 1.78. The number of hydrogen-bond donors (Lipinski definition) is 1. The Morgan fingerprint density at radius 1 is 0.857 bits per heavy atom. The Hall–Kier alpha value is -4.34. The van der Waals surface area contributed by atoms with E-state index in [0.717, 1.165) is 22.3 Å². The zero-order valence-electron chi connectivity index (χ0n) is 18.6. The maximum absolute atomic E-state index is 13.4. The number of anilines is 2. The van der Waals surface area contributed by atoms with Crippen molar-refractivity contribution in [3.8, 4) is 5.75 Å². The number of ether oxygens (including phenoxy) is 1. The third-order valence-electron chi connectivity index (χ3n) is 5.28. The zero-order valence-corrected chi connectivity index (χ0v) is 18.6. The topological polar surface area (TPSA) is 78.2 Å². The Labute approximate surface area is 198 Å². The molecule has 0 saturated carbocycles. The van der Waals surface area contributed by atoms with Crippen molar-refractivity contribution < 1.29 is 17.9 Å². The van der Waals surface area contributed by atoms with Crippen molar-refractivity contribution in [1.29, 1.82) is 0 Å². The van der Waals surface area contributed by atoms with Crippen LogP contribution in [0.5, 0.6) is 5.75 Å². The van der Waals surface area contributed by atoms with E-state index >= 15 is 0 Å². The third kappa shape index (κ3) is 5.60. The van der Waals surface area contributed by atoms with Crippen molar-refractivity contribution in [3.63, 3.8) is 0 Å². The van der Waals surface area contributed by atoms with Crippen LogP contribution >= 0.6 is 0 Å².